The van der Waals surface area contributed by atoms with E-state index in [2.05, 4.69) is 30.8 Å². The molecule has 0 aromatic carbocycles. The average Bonchev–Trinajstić information content (AvgIpc) is 2.75. The molecule has 0 amide bonds. The molecule has 1 aromatic rings. The first kappa shape index (κ1) is 17.6. The maximum absolute atomic E-state index is 12.5. The smallest absolute Gasteiger partial charge is 0.241 e. The summed E-state index contributed by atoms with van der Waals surface area (Å²) in [5, 5.41) is 5.10. The zero-order chi connectivity index (χ0) is 15.3. The van der Waals surface area contributed by atoms with E-state index in [1.165, 1.54) is 11.3 Å². The molecular weight excluding hydrogens is 292 g/mol. The van der Waals surface area contributed by atoms with Gasteiger partial charge < -0.3 is 5.32 Å². The molecule has 0 bridgehead atoms. The van der Waals surface area contributed by atoms with Gasteiger partial charge in [-0.15, -0.1) is 11.3 Å². The third-order valence-corrected chi connectivity index (χ3v) is 6.41. The van der Waals surface area contributed by atoms with E-state index >= 15 is 0 Å². The van der Waals surface area contributed by atoms with Crippen LogP contribution in [-0.2, 0) is 16.6 Å². The van der Waals surface area contributed by atoms with Crippen molar-refractivity contribution in [3.63, 3.8) is 0 Å². The number of sulfonamides is 1. The Hall–Kier alpha value is -0.430. The lowest BCUT2D eigenvalue weighted by Crippen LogP contribution is -2.31. The maximum atomic E-state index is 12.5. The summed E-state index contributed by atoms with van der Waals surface area (Å²) in [5.41, 5.74) is 0.826. The van der Waals surface area contributed by atoms with Gasteiger partial charge in [0.05, 0.1) is 0 Å². The van der Waals surface area contributed by atoms with E-state index in [1.54, 1.807) is 0 Å². The van der Waals surface area contributed by atoms with Gasteiger partial charge in [-0.2, -0.15) is 0 Å². The van der Waals surface area contributed by atoms with E-state index in [1.807, 2.05) is 19.2 Å². The summed E-state index contributed by atoms with van der Waals surface area (Å²) >= 11 is 1.50. The van der Waals surface area contributed by atoms with E-state index in [4.69, 9.17) is 0 Å². The number of thiophene rings is 1. The Kier molecular flexibility index (Phi) is 6.64. The highest BCUT2D eigenvalue weighted by Crippen LogP contribution is 2.27. The SMILES string of the molecule is CCNCc1scc(C)c1S(=O)(=O)NCC(C)C(C)C. The van der Waals surface area contributed by atoms with Crippen molar-refractivity contribution in [1.82, 2.24) is 10.0 Å². The topological polar surface area (TPSA) is 58.2 Å². The zero-order valence-electron chi connectivity index (χ0n) is 13.0. The molecule has 1 unspecified atom stereocenters. The molecule has 116 valence electrons. The highest BCUT2D eigenvalue weighted by atomic mass is 32.2. The summed E-state index contributed by atoms with van der Waals surface area (Å²) in [5.74, 6) is 0.781. The van der Waals surface area contributed by atoms with Gasteiger partial charge in [0, 0.05) is 18.0 Å². The predicted molar refractivity (Wildman–Crippen MR) is 85.6 cm³/mol. The van der Waals surface area contributed by atoms with Gasteiger partial charge in [0.1, 0.15) is 4.90 Å². The molecule has 1 aromatic heterocycles. The molecule has 20 heavy (non-hydrogen) atoms. The summed E-state index contributed by atoms with van der Waals surface area (Å²) in [6.07, 6.45) is 0. The molecule has 4 nitrogen and oxygen atoms in total. The predicted octanol–water partition coefficient (Wildman–Crippen LogP) is 2.74. The summed E-state index contributed by atoms with van der Waals surface area (Å²) in [6.45, 7) is 12.0. The Morgan fingerprint density at radius 1 is 1.30 bits per heavy atom. The van der Waals surface area contributed by atoms with E-state index in [9.17, 15) is 8.42 Å². The van der Waals surface area contributed by atoms with Crippen LogP contribution >= 0.6 is 11.3 Å². The first-order valence-electron chi connectivity index (χ1n) is 7.07. The first-order valence-corrected chi connectivity index (χ1v) is 9.43. The molecule has 0 aliphatic carbocycles. The van der Waals surface area contributed by atoms with Crippen LogP contribution in [0.2, 0.25) is 0 Å². The van der Waals surface area contributed by atoms with Gasteiger partial charge >= 0.3 is 0 Å². The molecule has 0 saturated carbocycles. The Morgan fingerprint density at radius 3 is 2.50 bits per heavy atom. The van der Waals surface area contributed by atoms with Crippen LogP contribution in [0, 0.1) is 18.8 Å². The summed E-state index contributed by atoms with van der Waals surface area (Å²) in [6, 6.07) is 0. The van der Waals surface area contributed by atoms with E-state index in [0.717, 1.165) is 17.0 Å². The van der Waals surface area contributed by atoms with Gasteiger partial charge in [-0.05, 0) is 36.2 Å². The Bertz CT molecular complexity index is 521. The molecular formula is C14H26N2O2S2. The van der Waals surface area contributed by atoms with Crippen LogP contribution in [0.3, 0.4) is 0 Å². The zero-order valence-corrected chi connectivity index (χ0v) is 14.6. The van der Waals surface area contributed by atoms with Crippen molar-refractivity contribution in [2.45, 2.75) is 46.1 Å². The van der Waals surface area contributed by atoms with Gasteiger partial charge in [0.2, 0.25) is 10.0 Å². The van der Waals surface area contributed by atoms with E-state index in [-0.39, 0.29) is 0 Å². The summed E-state index contributed by atoms with van der Waals surface area (Å²) in [7, 11) is -3.42. The molecule has 0 radical (unpaired) electrons. The van der Waals surface area contributed by atoms with Gasteiger partial charge in [0.15, 0.2) is 0 Å². The third kappa shape index (κ3) is 4.55. The van der Waals surface area contributed by atoms with Crippen LogP contribution in [0.15, 0.2) is 10.3 Å². The van der Waals surface area contributed by atoms with E-state index in [0.29, 0.717) is 29.8 Å². The largest absolute Gasteiger partial charge is 0.312 e. The number of aryl methyl sites for hydroxylation is 1. The normalized spacial score (nSPS) is 13.9. The first-order chi connectivity index (χ1) is 9.29. The second-order valence-corrected chi connectivity index (χ2v) is 8.19. The molecule has 1 atom stereocenters. The molecule has 0 spiro atoms. The fourth-order valence-corrected chi connectivity index (χ4v) is 4.68. The molecule has 0 aliphatic rings. The molecule has 1 rings (SSSR count). The minimum absolute atomic E-state index is 0.320. The monoisotopic (exact) mass is 318 g/mol. The summed E-state index contributed by atoms with van der Waals surface area (Å²) < 4.78 is 27.7. The van der Waals surface area contributed by atoms with Crippen molar-refractivity contribution in [3.8, 4) is 0 Å². The molecule has 2 N–H and O–H groups in total. The summed E-state index contributed by atoms with van der Waals surface area (Å²) in [4.78, 5) is 1.34. The van der Waals surface area contributed by atoms with Crippen molar-refractivity contribution in [2.24, 2.45) is 11.8 Å². The third-order valence-electron chi connectivity index (χ3n) is 3.53. The van der Waals surface area contributed by atoms with Gasteiger partial charge in [-0.3, -0.25) is 0 Å². The van der Waals surface area contributed by atoms with Crippen LogP contribution in [0.25, 0.3) is 0 Å². The fraction of sp³-hybridized carbons (Fsp3) is 0.714. The molecule has 0 aliphatic heterocycles. The number of rotatable bonds is 8. The van der Waals surface area contributed by atoms with Crippen molar-refractivity contribution in [1.29, 1.82) is 0 Å². The lowest BCUT2D eigenvalue weighted by Gasteiger charge is -2.17. The van der Waals surface area contributed by atoms with Crippen LogP contribution in [-0.4, -0.2) is 21.5 Å². The minimum Gasteiger partial charge on any atom is -0.312 e. The van der Waals surface area contributed by atoms with Gasteiger partial charge in [-0.25, -0.2) is 13.1 Å². The molecule has 0 saturated heterocycles. The van der Waals surface area contributed by atoms with Crippen molar-refractivity contribution in [2.75, 3.05) is 13.1 Å². The Labute approximate surface area is 127 Å². The van der Waals surface area contributed by atoms with Crippen LogP contribution in [0.4, 0.5) is 0 Å². The number of nitrogens with one attached hydrogen (secondary N) is 2. The maximum Gasteiger partial charge on any atom is 0.241 e. The highest BCUT2D eigenvalue weighted by molar-refractivity contribution is 7.89. The van der Waals surface area contributed by atoms with Crippen LogP contribution in [0.5, 0.6) is 0 Å². The lowest BCUT2D eigenvalue weighted by molar-refractivity contribution is 0.414. The molecule has 6 heteroatoms. The fourth-order valence-electron chi connectivity index (χ4n) is 1.76. The van der Waals surface area contributed by atoms with Crippen LogP contribution in [0.1, 0.15) is 38.1 Å². The Balaban J connectivity index is 2.89. The number of hydrogen-bond acceptors (Lipinski definition) is 4. The number of hydrogen-bond donors (Lipinski definition) is 2. The second kappa shape index (κ2) is 7.54. The van der Waals surface area contributed by atoms with E-state index < -0.39 is 10.0 Å². The quantitative estimate of drug-likeness (QED) is 0.775. The highest BCUT2D eigenvalue weighted by Gasteiger charge is 2.23. The average molecular weight is 319 g/mol. The second-order valence-electron chi connectivity index (χ2n) is 5.52. The van der Waals surface area contributed by atoms with Crippen molar-refractivity contribution >= 4 is 21.4 Å². The van der Waals surface area contributed by atoms with Crippen molar-refractivity contribution in [3.05, 3.63) is 15.8 Å². The van der Waals surface area contributed by atoms with Gasteiger partial charge in [0.25, 0.3) is 0 Å². The van der Waals surface area contributed by atoms with Gasteiger partial charge in [-0.1, -0.05) is 27.7 Å². The molecule has 1 heterocycles. The Morgan fingerprint density at radius 2 is 1.95 bits per heavy atom. The van der Waals surface area contributed by atoms with Crippen LogP contribution < -0.4 is 10.0 Å². The van der Waals surface area contributed by atoms with Crippen molar-refractivity contribution < 1.29 is 8.42 Å². The lowest BCUT2D eigenvalue weighted by atomic mass is 9.99. The standard InChI is InChI=1S/C14H26N2O2S2/c1-6-15-8-13-14(12(5)9-19-13)20(17,18)16-7-11(4)10(2)3/h9-11,15-16H,6-8H2,1-5H3. The molecule has 0 fully saturated rings. The minimum atomic E-state index is -3.42.